The summed E-state index contributed by atoms with van der Waals surface area (Å²) in [6.45, 7) is 0.0451. The first-order valence-electron chi connectivity index (χ1n) is 7.17. The van der Waals surface area contributed by atoms with E-state index in [4.69, 9.17) is 16.6 Å². The van der Waals surface area contributed by atoms with Crippen LogP contribution in [0.2, 0.25) is 0 Å². The molecular formula is C13H22N6O4. The first-order chi connectivity index (χ1) is 11.0. The predicted octanol–water partition coefficient (Wildman–Crippen LogP) is -2.30. The van der Waals surface area contributed by atoms with E-state index in [0.29, 0.717) is 18.7 Å². The first kappa shape index (κ1) is 18.6. The zero-order valence-electron chi connectivity index (χ0n) is 12.6. The van der Waals surface area contributed by atoms with E-state index in [1.165, 1.54) is 12.5 Å². The standard InChI is InChI=1S/C13H22N6O4/c14-3-1-2-9(13(22)23)19-12(21)10(18-11(20)5-15)4-8-6-16-7-17-8/h6-7,9-10H,1-5,14-15H2,(H,16,17)(H,18,20)(H,19,21)(H,22,23). The van der Waals surface area contributed by atoms with Gasteiger partial charge in [0.15, 0.2) is 0 Å². The SMILES string of the molecule is NCCCC(NC(=O)C(Cc1cnc[nH]1)NC(=O)CN)C(=O)O. The smallest absolute Gasteiger partial charge is 0.326 e. The molecule has 0 fully saturated rings. The number of carbonyl (C=O) groups excluding carboxylic acids is 2. The van der Waals surface area contributed by atoms with Crippen molar-refractivity contribution in [1.29, 1.82) is 0 Å². The molecule has 0 radical (unpaired) electrons. The second-order valence-corrected chi connectivity index (χ2v) is 4.94. The number of amides is 2. The Balaban J connectivity index is 2.75. The van der Waals surface area contributed by atoms with Gasteiger partial charge in [0.1, 0.15) is 12.1 Å². The highest BCUT2D eigenvalue weighted by Crippen LogP contribution is 2.02. The van der Waals surface area contributed by atoms with Gasteiger partial charge in [-0.15, -0.1) is 0 Å². The molecule has 0 saturated carbocycles. The quantitative estimate of drug-likeness (QED) is 0.280. The number of nitrogens with one attached hydrogen (secondary N) is 3. The third kappa shape index (κ3) is 6.45. The summed E-state index contributed by atoms with van der Waals surface area (Å²) < 4.78 is 0. The maximum Gasteiger partial charge on any atom is 0.326 e. The lowest BCUT2D eigenvalue weighted by Gasteiger charge is -2.21. The summed E-state index contributed by atoms with van der Waals surface area (Å²) >= 11 is 0. The maximum absolute atomic E-state index is 12.3. The molecule has 8 N–H and O–H groups in total. The van der Waals surface area contributed by atoms with Crippen LogP contribution in [0.1, 0.15) is 18.5 Å². The normalized spacial score (nSPS) is 13.1. The van der Waals surface area contributed by atoms with Crippen LogP contribution >= 0.6 is 0 Å². The minimum absolute atomic E-state index is 0.140. The molecule has 2 atom stereocenters. The van der Waals surface area contributed by atoms with Crippen LogP contribution in [0.3, 0.4) is 0 Å². The van der Waals surface area contributed by atoms with Crippen LogP contribution in [0.25, 0.3) is 0 Å². The lowest BCUT2D eigenvalue weighted by Crippen LogP contribution is -2.53. The summed E-state index contributed by atoms with van der Waals surface area (Å²) in [4.78, 5) is 41.6. The monoisotopic (exact) mass is 326 g/mol. The van der Waals surface area contributed by atoms with Gasteiger partial charge >= 0.3 is 5.97 Å². The average Bonchev–Trinajstić information content (AvgIpc) is 3.03. The topological polar surface area (TPSA) is 176 Å². The fraction of sp³-hybridized carbons (Fsp3) is 0.538. The Labute approximate surface area is 133 Å². The second-order valence-electron chi connectivity index (χ2n) is 4.94. The van der Waals surface area contributed by atoms with E-state index < -0.39 is 29.9 Å². The van der Waals surface area contributed by atoms with Crippen LogP contribution in [-0.4, -0.2) is 58.0 Å². The van der Waals surface area contributed by atoms with Gasteiger partial charge in [0, 0.05) is 18.3 Å². The minimum atomic E-state index is -1.16. The first-order valence-corrected chi connectivity index (χ1v) is 7.17. The molecule has 0 saturated heterocycles. The lowest BCUT2D eigenvalue weighted by molar-refractivity contribution is -0.142. The number of imidazole rings is 1. The predicted molar refractivity (Wildman–Crippen MR) is 81.1 cm³/mol. The van der Waals surface area contributed by atoms with Crippen molar-refractivity contribution in [3.63, 3.8) is 0 Å². The van der Waals surface area contributed by atoms with E-state index in [0.717, 1.165) is 0 Å². The van der Waals surface area contributed by atoms with Gasteiger partial charge < -0.3 is 32.2 Å². The van der Waals surface area contributed by atoms with Crippen molar-refractivity contribution in [3.8, 4) is 0 Å². The van der Waals surface area contributed by atoms with Crippen molar-refractivity contribution in [2.75, 3.05) is 13.1 Å². The molecule has 0 aliphatic heterocycles. The zero-order valence-corrected chi connectivity index (χ0v) is 12.6. The van der Waals surface area contributed by atoms with Crippen molar-refractivity contribution < 1.29 is 19.5 Å². The summed E-state index contributed by atoms with van der Waals surface area (Å²) in [5.41, 5.74) is 11.2. The highest BCUT2D eigenvalue weighted by molar-refractivity contribution is 5.90. The van der Waals surface area contributed by atoms with Crippen molar-refractivity contribution in [3.05, 3.63) is 18.2 Å². The number of H-pyrrole nitrogens is 1. The summed E-state index contributed by atoms with van der Waals surface area (Å²) in [6, 6.07) is -2.02. The number of carboxylic acids is 1. The molecule has 23 heavy (non-hydrogen) atoms. The third-order valence-electron chi connectivity index (χ3n) is 3.13. The molecule has 0 aliphatic rings. The van der Waals surface area contributed by atoms with Gasteiger partial charge in [-0.2, -0.15) is 0 Å². The van der Waals surface area contributed by atoms with E-state index in [2.05, 4.69) is 20.6 Å². The number of nitrogens with two attached hydrogens (primary N) is 2. The Hall–Kier alpha value is -2.46. The van der Waals surface area contributed by atoms with Gasteiger partial charge in [0.05, 0.1) is 12.9 Å². The number of carbonyl (C=O) groups is 3. The Kier molecular flexibility index (Phi) is 7.71. The minimum Gasteiger partial charge on any atom is -0.480 e. The molecule has 1 aromatic rings. The Morgan fingerprint density at radius 1 is 1.26 bits per heavy atom. The highest BCUT2D eigenvalue weighted by Gasteiger charge is 2.26. The van der Waals surface area contributed by atoms with Crippen molar-refractivity contribution in [1.82, 2.24) is 20.6 Å². The van der Waals surface area contributed by atoms with Crippen LogP contribution in [0.5, 0.6) is 0 Å². The largest absolute Gasteiger partial charge is 0.480 e. The maximum atomic E-state index is 12.3. The highest BCUT2D eigenvalue weighted by atomic mass is 16.4. The van der Waals surface area contributed by atoms with Crippen molar-refractivity contribution in [2.24, 2.45) is 11.5 Å². The van der Waals surface area contributed by atoms with Gasteiger partial charge in [-0.05, 0) is 19.4 Å². The van der Waals surface area contributed by atoms with Crippen LogP contribution < -0.4 is 22.1 Å². The number of nitrogens with zero attached hydrogens (tertiary/aromatic N) is 1. The molecule has 0 aliphatic carbocycles. The summed E-state index contributed by atoms with van der Waals surface area (Å²) in [6.07, 6.45) is 3.76. The number of hydrogen-bond acceptors (Lipinski definition) is 6. The molecule has 0 spiro atoms. The van der Waals surface area contributed by atoms with E-state index in [9.17, 15) is 14.4 Å². The van der Waals surface area contributed by atoms with Gasteiger partial charge in [0.25, 0.3) is 0 Å². The molecule has 2 amide bonds. The van der Waals surface area contributed by atoms with Crippen LogP contribution in [0, 0.1) is 0 Å². The van der Waals surface area contributed by atoms with Gasteiger partial charge in [-0.3, -0.25) is 9.59 Å². The molecule has 1 rings (SSSR count). The second kappa shape index (κ2) is 9.54. The number of aliphatic carboxylic acids is 1. The molecule has 1 heterocycles. The number of aromatic nitrogens is 2. The summed E-state index contributed by atoms with van der Waals surface area (Å²) in [5.74, 6) is -2.28. The third-order valence-corrected chi connectivity index (χ3v) is 3.13. The Morgan fingerprint density at radius 3 is 2.52 bits per heavy atom. The van der Waals surface area contributed by atoms with E-state index in [1.807, 2.05) is 0 Å². The van der Waals surface area contributed by atoms with Gasteiger partial charge in [0.2, 0.25) is 11.8 Å². The number of rotatable bonds is 10. The molecule has 0 aromatic carbocycles. The van der Waals surface area contributed by atoms with E-state index in [-0.39, 0.29) is 19.4 Å². The average molecular weight is 326 g/mol. The van der Waals surface area contributed by atoms with Gasteiger partial charge in [-0.1, -0.05) is 0 Å². The van der Waals surface area contributed by atoms with Crippen LogP contribution in [-0.2, 0) is 20.8 Å². The Morgan fingerprint density at radius 2 is 2.00 bits per heavy atom. The molecule has 0 bridgehead atoms. The van der Waals surface area contributed by atoms with Crippen LogP contribution in [0.15, 0.2) is 12.5 Å². The molecule has 128 valence electrons. The molecule has 2 unspecified atom stereocenters. The Bertz CT molecular complexity index is 519. The lowest BCUT2D eigenvalue weighted by atomic mass is 10.1. The van der Waals surface area contributed by atoms with E-state index in [1.54, 1.807) is 0 Å². The molecular weight excluding hydrogens is 304 g/mol. The van der Waals surface area contributed by atoms with E-state index >= 15 is 0 Å². The number of hydrogen-bond donors (Lipinski definition) is 6. The van der Waals surface area contributed by atoms with Gasteiger partial charge in [-0.25, -0.2) is 9.78 Å². The fourth-order valence-electron chi connectivity index (χ4n) is 1.93. The molecule has 1 aromatic heterocycles. The van der Waals surface area contributed by atoms with Crippen LogP contribution in [0.4, 0.5) is 0 Å². The molecule has 10 nitrogen and oxygen atoms in total. The number of carboxylic acid groups (broad SMARTS) is 1. The summed E-state index contributed by atoms with van der Waals surface area (Å²) in [5, 5.41) is 14.0. The fourth-order valence-corrected chi connectivity index (χ4v) is 1.93. The summed E-state index contributed by atoms with van der Waals surface area (Å²) in [7, 11) is 0. The molecule has 10 heteroatoms. The van der Waals surface area contributed by atoms with Crippen molar-refractivity contribution >= 4 is 17.8 Å². The van der Waals surface area contributed by atoms with Crippen molar-refractivity contribution in [2.45, 2.75) is 31.3 Å². The number of aromatic amines is 1. The zero-order chi connectivity index (χ0) is 17.2.